The zero-order chi connectivity index (χ0) is 10.9. The van der Waals surface area contributed by atoms with Crippen LogP contribution in [0.4, 0.5) is 20.4 Å². The van der Waals surface area contributed by atoms with Gasteiger partial charge in [-0.1, -0.05) is 0 Å². The van der Waals surface area contributed by atoms with Crippen LogP contribution in [0.3, 0.4) is 0 Å². The van der Waals surface area contributed by atoms with Crippen LogP contribution in [0.15, 0.2) is 6.07 Å². The number of carbonyl (C=O) groups excluding carboxylic acids is 1. The minimum absolute atomic E-state index is 0.178. The number of nitrogen functional groups attached to an aromatic ring is 2. The zero-order valence-electron chi connectivity index (χ0n) is 7.00. The Labute approximate surface area is 77.9 Å². The van der Waals surface area contributed by atoms with Crippen LogP contribution in [0, 0.1) is 0 Å². The van der Waals surface area contributed by atoms with Crippen LogP contribution < -0.4 is 17.2 Å². The second-order valence-corrected chi connectivity index (χ2v) is 2.56. The molecule has 14 heavy (non-hydrogen) atoms. The molecule has 0 saturated heterocycles. The molecule has 6 N–H and O–H groups in total. The van der Waals surface area contributed by atoms with Crippen molar-refractivity contribution in [2.75, 3.05) is 11.5 Å². The Hall–Kier alpha value is -1.92. The molecule has 0 radical (unpaired) electrons. The number of carbonyl (C=O) groups is 1. The lowest BCUT2D eigenvalue weighted by atomic mass is 10.1. The first-order valence-corrected chi connectivity index (χ1v) is 3.57. The third-order valence-corrected chi connectivity index (χ3v) is 1.58. The van der Waals surface area contributed by atoms with Crippen LogP contribution in [-0.2, 0) is 0 Å². The molecule has 7 heteroatoms. The first-order chi connectivity index (χ1) is 6.43. The van der Waals surface area contributed by atoms with E-state index in [0.717, 1.165) is 6.07 Å². The van der Waals surface area contributed by atoms with Crippen molar-refractivity contribution in [3.8, 4) is 0 Å². The van der Waals surface area contributed by atoms with E-state index in [-0.39, 0.29) is 11.6 Å². The third-order valence-electron chi connectivity index (χ3n) is 1.58. The SMILES string of the molecule is NC(=O)c1c(C(F)F)cc(N)nc1N. The Morgan fingerprint density at radius 3 is 2.43 bits per heavy atom. The van der Waals surface area contributed by atoms with Gasteiger partial charge in [-0.3, -0.25) is 4.79 Å². The summed E-state index contributed by atoms with van der Waals surface area (Å²) in [6.07, 6.45) is -2.87. The quantitative estimate of drug-likeness (QED) is 0.640. The van der Waals surface area contributed by atoms with Gasteiger partial charge >= 0.3 is 0 Å². The first-order valence-electron chi connectivity index (χ1n) is 3.57. The van der Waals surface area contributed by atoms with E-state index < -0.39 is 23.5 Å². The number of hydrogen-bond acceptors (Lipinski definition) is 4. The molecule has 76 valence electrons. The van der Waals surface area contributed by atoms with E-state index in [2.05, 4.69) is 4.98 Å². The van der Waals surface area contributed by atoms with Crippen molar-refractivity contribution in [2.24, 2.45) is 5.73 Å². The molecule has 0 fully saturated rings. The monoisotopic (exact) mass is 202 g/mol. The van der Waals surface area contributed by atoms with Crippen LogP contribution in [0.2, 0.25) is 0 Å². The molecule has 0 aliphatic heterocycles. The molecule has 1 heterocycles. The van der Waals surface area contributed by atoms with E-state index in [4.69, 9.17) is 17.2 Å². The van der Waals surface area contributed by atoms with Gasteiger partial charge in [-0.05, 0) is 6.07 Å². The summed E-state index contributed by atoms with van der Waals surface area (Å²) in [5.74, 6) is -1.61. The average molecular weight is 202 g/mol. The number of primary amides is 1. The smallest absolute Gasteiger partial charge is 0.264 e. The maximum Gasteiger partial charge on any atom is 0.264 e. The van der Waals surface area contributed by atoms with Crippen molar-refractivity contribution < 1.29 is 13.6 Å². The number of rotatable bonds is 2. The second kappa shape index (κ2) is 3.44. The predicted octanol–water partition coefficient (Wildman–Crippen LogP) is 0.282. The molecule has 1 aromatic rings. The van der Waals surface area contributed by atoms with Crippen LogP contribution in [0.5, 0.6) is 0 Å². The molecule has 0 aromatic carbocycles. The summed E-state index contributed by atoms with van der Waals surface area (Å²) in [5.41, 5.74) is 14.2. The van der Waals surface area contributed by atoms with Gasteiger partial charge in [0.1, 0.15) is 11.6 Å². The number of pyridine rings is 1. The molecule has 1 aromatic heterocycles. The van der Waals surface area contributed by atoms with Crippen molar-refractivity contribution in [3.05, 3.63) is 17.2 Å². The Kier molecular flexibility index (Phi) is 2.50. The normalized spacial score (nSPS) is 10.5. The molecule has 1 rings (SSSR count). The summed E-state index contributed by atoms with van der Waals surface area (Å²) in [6.45, 7) is 0. The van der Waals surface area contributed by atoms with E-state index in [9.17, 15) is 13.6 Å². The summed E-state index contributed by atoms with van der Waals surface area (Å²) < 4.78 is 24.8. The molecule has 5 nitrogen and oxygen atoms in total. The number of amides is 1. The molecule has 0 saturated carbocycles. The molecule has 0 bridgehead atoms. The lowest BCUT2D eigenvalue weighted by molar-refractivity contribution is 0.0987. The number of hydrogen-bond donors (Lipinski definition) is 3. The van der Waals surface area contributed by atoms with Crippen molar-refractivity contribution in [1.82, 2.24) is 4.98 Å². The fraction of sp³-hybridized carbons (Fsp3) is 0.143. The highest BCUT2D eigenvalue weighted by molar-refractivity contribution is 5.99. The number of halogens is 2. The number of alkyl halides is 2. The van der Waals surface area contributed by atoms with Gasteiger partial charge in [-0.25, -0.2) is 13.8 Å². The van der Waals surface area contributed by atoms with E-state index in [1.807, 2.05) is 0 Å². The summed E-state index contributed by atoms with van der Waals surface area (Å²) in [7, 11) is 0. The fourth-order valence-corrected chi connectivity index (χ4v) is 1.05. The molecule has 0 atom stereocenters. The van der Waals surface area contributed by atoms with Gasteiger partial charge in [-0.2, -0.15) is 0 Å². The van der Waals surface area contributed by atoms with Crippen LogP contribution in [0.1, 0.15) is 22.3 Å². The van der Waals surface area contributed by atoms with Crippen LogP contribution >= 0.6 is 0 Å². The summed E-state index contributed by atoms with van der Waals surface area (Å²) >= 11 is 0. The van der Waals surface area contributed by atoms with E-state index in [1.54, 1.807) is 0 Å². The maximum atomic E-state index is 12.4. The number of nitrogens with two attached hydrogens (primary N) is 3. The van der Waals surface area contributed by atoms with Crippen molar-refractivity contribution in [2.45, 2.75) is 6.43 Å². The third kappa shape index (κ3) is 1.70. The summed E-state index contributed by atoms with van der Waals surface area (Å²) in [4.78, 5) is 14.2. The van der Waals surface area contributed by atoms with Crippen molar-refractivity contribution in [3.63, 3.8) is 0 Å². The van der Waals surface area contributed by atoms with E-state index >= 15 is 0 Å². The lowest BCUT2D eigenvalue weighted by Gasteiger charge is -2.08. The minimum Gasteiger partial charge on any atom is -0.384 e. The van der Waals surface area contributed by atoms with E-state index in [1.165, 1.54) is 0 Å². The Balaban J connectivity index is 3.44. The summed E-state index contributed by atoms with van der Waals surface area (Å²) in [5, 5.41) is 0. The van der Waals surface area contributed by atoms with E-state index in [0.29, 0.717) is 0 Å². The topological polar surface area (TPSA) is 108 Å². The molecular formula is C7H8F2N4O. The van der Waals surface area contributed by atoms with Crippen molar-refractivity contribution in [1.29, 1.82) is 0 Å². The lowest BCUT2D eigenvalue weighted by Crippen LogP contribution is -2.18. The zero-order valence-corrected chi connectivity index (χ0v) is 7.00. The largest absolute Gasteiger partial charge is 0.384 e. The molecule has 0 aliphatic carbocycles. The molecule has 0 unspecified atom stereocenters. The number of anilines is 2. The van der Waals surface area contributed by atoms with Gasteiger partial charge in [-0.15, -0.1) is 0 Å². The van der Waals surface area contributed by atoms with Crippen LogP contribution in [-0.4, -0.2) is 10.9 Å². The fourth-order valence-electron chi connectivity index (χ4n) is 1.05. The van der Waals surface area contributed by atoms with Gasteiger partial charge in [0.15, 0.2) is 0 Å². The highest BCUT2D eigenvalue weighted by Crippen LogP contribution is 2.27. The highest BCUT2D eigenvalue weighted by Gasteiger charge is 2.20. The van der Waals surface area contributed by atoms with Crippen molar-refractivity contribution >= 4 is 17.5 Å². The first kappa shape index (κ1) is 10.2. The Morgan fingerprint density at radius 2 is 2.00 bits per heavy atom. The van der Waals surface area contributed by atoms with Gasteiger partial charge in [0.25, 0.3) is 12.3 Å². The standard InChI is InChI=1S/C7H8F2N4O/c8-5(9)2-1-3(10)13-6(11)4(2)7(12)14/h1,5H,(H2,12,14)(H4,10,11,13). The summed E-state index contributed by atoms with van der Waals surface area (Å²) in [6, 6.07) is 0.876. The predicted molar refractivity (Wildman–Crippen MR) is 46.5 cm³/mol. The van der Waals surface area contributed by atoms with Crippen LogP contribution in [0.25, 0.3) is 0 Å². The van der Waals surface area contributed by atoms with Gasteiger partial charge in [0, 0.05) is 5.56 Å². The Bertz CT molecular complexity index is 380. The maximum absolute atomic E-state index is 12.4. The molecular weight excluding hydrogens is 194 g/mol. The highest BCUT2D eigenvalue weighted by atomic mass is 19.3. The Morgan fingerprint density at radius 1 is 1.43 bits per heavy atom. The number of aromatic nitrogens is 1. The van der Waals surface area contributed by atoms with Gasteiger partial charge in [0.2, 0.25) is 0 Å². The molecule has 0 aliphatic rings. The number of nitrogens with zero attached hydrogens (tertiary/aromatic N) is 1. The minimum atomic E-state index is -2.87. The second-order valence-electron chi connectivity index (χ2n) is 2.56. The van der Waals surface area contributed by atoms with Gasteiger partial charge < -0.3 is 17.2 Å². The molecule has 1 amide bonds. The van der Waals surface area contributed by atoms with Gasteiger partial charge in [0.05, 0.1) is 5.56 Å². The average Bonchev–Trinajstić information content (AvgIpc) is 2.01. The molecule has 0 spiro atoms.